The molecule has 8 N–H and O–H groups in total. The van der Waals surface area contributed by atoms with Gasteiger partial charge < -0.3 is 64.2 Å². The molecule has 3 heterocycles. The molecule has 9 atom stereocenters. The topological polar surface area (TPSA) is 229 Å². The maximum absolute atomic E-state index is 13.3. The van der Waals surface area contributed by atoms with Gasteiger partial charge in [-0.1, -0.05) is 0 Å². The third-order valence-electron chi connectivity index (χ3n) is 7.58. The maximum Gasteiger partial charge on any atom is 0.229 e. The van der Waals surface area contributed by atoms with E-state index in [2.05, 4.69) is 0 Å². The molecule has 0 saturated carbocycles. The first kappa shape index (κ1) is 30.0. The summed E-state index contributed by atoms with van der Waals surface area (Å²) in [6, 6.07) is 6.63. The van der Waals surface area contributed by atoms with Crippen LogP contribution in [-0.2, 0) is 9.47 Å². The van der Waals surface area contributed by atoms with Crippen molar-refractivity contribution in [2.45, 2.75) is 68.5 Å². The second-order valence-corrected chi connectivity index (χ2v) is 10.3. The lowest BCUT2D eigenvalue weighted by Gasteiger charge is -2.40. The zero-order chi connectivity index (χ0) is 30.5. The summed E-state index contributed by atoms with van der Waals surface area (Å²) < 4.78 is 28.1. The number of phenols is 2. The van der Waals surface area contributed by atoms with Crippen molar-refractivity contribution in [3.8, 4) is 34.3 Å². The van der Waals surface area contributed by atoms with Crippen molar-refractivity contribution in [3.05, 3.63) is 46.1 Å². The summed E-state index contributed by atoms with van der Waals surface area (Å²) in [7, 11) is 1.37. The first-order valence-electron chi connectivity index (χ1n) is 13.1. The molecule has 42 heavy (non-hydrogen) atoms. The van der Waals surface area contributed by atoms with Gasteiger partial charge in [-0.2, -0.15) is 0 Å². The van der Waals surface area contributed by atoms with Crippen LogP contribution in [0.25, 0.3) is 22.3 Å². The van der Waals surface area contributed by atoms with Gasteiger partial charge in [0.1, 0.15) is 58.7 Å². The normalized spacial score (nSPS) is 31.7. The summed E-state index contributed by atoms with van der Waals surface area (Å²) in [5.41, 5.74) is -0.699. The minimum Gasteiger partial charge on any atom is -0.506 e. The molecule has 5 rings (SSSR count). The lowest BCUT2D eigenvalue weighted by Crippen LogP contribution is -2.60. The number of aromatic hydroxyl groups is 2. The van der Waals surface area contributed by atoms with Gasteiger partial charge in [-0.25, -0.2) is 0 Å². The number of phenolic OH excluding ortho intramolecular Hbond substituents is 2. The zero-order valence-electron chi connectivity index (χ0n) is 22.5. The molecule has 0 amide bonds. The van der Waals surface area contributed by atoms with E-state index in [1.165, 1.54) is 38.3 Å². The number of methoxy groups -OCH3 is 1. The number of hydrogen-bond donors (Lipinski definition) is 8. The van der Waals surface area contributed by atoms with Crippen molar-refractivity contribution in [3.63, 3.8) is 0 Å². The van der Waals surface area contributed by atoms with Gasteiger partial charge in [0.05, 0.1) is 37.6 Å². The summed E-state index contributed by atoms with van der Waals surface area (Å²) in [5.74, 6) is -0.897. The number of benzene rings is 2. The minimum absolute atomic E-state index is 0.0116. The fraction of sp³-hybridized carbons (Fsp3) is 0.464. The standard InChI is InChI=1S/C28H32O14/c1-10-23(33)14(32)7-17(39-10)22-19(41-28-27(37)26(36)24(34)20(9-29)42-28)8-18-21(25(22)35)13(31)6-16(40-18)11-3-4-15(38-2)12(30)5-11/h3-6,8,10,14,17,20,23-24,26-30,32-37H,7,9H2,1-2H3/t10-,14+,17+,20+,23+,24+,26-,27+,28+/m0/s1. The Morgan fingerprint density at radius 1 is 0.929 bits per heavy atom. The molecule has 0 spiro atoms. The summed E-state index contributed by atoms with van der Waals surface area (Å²) in [4.78, 5) is 13.3. The fourth-order valence-corrected chi connectivity index (χ4v) is 5.23. The molecule has 2 fully saturated rings. The summed E-state index contributed by atoms with van der Waals surface area (Å²) in [6.45, 7) is 0.780. The number of aliphatic hydroxyl groups is 6. The van der Waals surface area contributed by atoms with Crippen LogP contribution in [0.5, 0.6) is 23.0 Å². The SMILES string of the molecule is COc1ccc(-c2cc(=O)c3c(O)c([C@H]4C[C@@H](O)[C@H](O)[C@H](C)O4)c(O[C@@H]4O[C@H](CO)[C@@H](O)[C@H](O)[C@H]4O)cc3o2)cc1O. The molecule has 0 aliphatic carbocycles. The van der Waals surface area contributed by atoms with E-state index in [-0.39, 0.29) is 46.0 Å². The van der Waals surface area contributed by atoms with Gasteiger partial charge in [-0.15, -0.1) is 0 Å². The van der Waals surface area contributed by atoms with Crippen molar-refractivity contribution in [1.29, 1.82) is 0 Å². The highest BCUT2D eigenvalue weighted by molar-refractivity contribution is 5.88. The molecular weight excluding hydrogens is 560 g/mol. The van der Waals surface area contributed by atoms with E-state index in [1.807, 2.05) is 0 Å². The van der Waals surface area contributed by atoms with Gasteiger partial charge in [0.25, 0.3) is 0 Å². The molecule has 0 radical (unpaired) electrons. The van der Waals surface area contributed by atoms with Gasteiger partial charge >= 0.3 is 0 Å². The smallest absolute Gasteiger partial charge is 0.229 e. The predicted octanol–water partition coefficient (Wildman–Crippen LogP) is -0.370. The van der Waals surface area contributed by atoms with Gasteiger partial charge in [0.15, 0.2) is 16.9 Å². The van der Waals surface area contributed by atoms with Crippen LogP contribution in [0.15, 0.2) is 39.5 Å². The molecular formula is C28H32O14. The third kappa shape index (κ3) is 5.27. The highest BCUT2D eigenvalue weighted by Crippen LogP contribution is 2.46. The van der Waals surface area contributed by atoms with Crippen LogP contribution in [0.4, 0.5) is 0 Å². The quantitative estimate of drug-likeness (QED) is 0.183. The maximum atomic E-state index is 13.3. The van der Waals surface area contributed by atoms with Gasteiger partial charge in [-0.05, 0) is 25.1 Å². The van der Waals surface area contributed by atoms with Crippen molar-refractivity contribution in [2.75, 3.05) is 13.7 Å². The lowest BCUT2D eigenvalue weighted by atomic mass is 9.92. The first-order chi connectivity index (χ1) is 19.9. The van der Waals surface area contributed by atoms with Crippen molar-refractivity contribution in [1.82, 2.24) is 0 Å². The lowest BCUT2D eigenvalue weighted by molar-refractivity contribution is -0.277. The average molecular weight is 593 g/mol. The van der Waals surface area contributed by atoms with E-state index >= 15 is 0 Å². The molecule has 2 aliphatic rings. The molecule has 2 saturated heterocycles. The van der Waals surface area contributed by atoms with E-state index in [0.29, 0.717) is 5.56 Å². The van der Waals surface area contributed by atoms with Crippen LogP contribution in [0.3, 0.4) is 0 Å². The number of ether oxygens (including phenoxy) is 4. The highest BCUT2D eigenvalue weighted by Gasteiger charge is 2.46. The summed E-state index contributed by atoms with van der Waals surface area (Å²) in [6.07, 6.45) is -13.0. The van der Waals surface area contributed by atoms with Crippen LogP contribution in [-0.4, -0.2) is 104 Å². The van der Waals surface area contributed by atoms with Crippen molar-refractivity contribution >= 4 is 11.0 Å². The number of rotatable bonds is 6. The van der Waals surface area contributed by atoms with Gasteiger partial charge in [0.2, 0.25) is 6.29 Å². The first-order valence-corrected chi connectivity index (χ1v) is 13.1. The molecule has 0 bridgehead atoms. The Bertz CT molecular complexity index is 1490. The van der Waals surface area contributed by atoms with Crippen LogP contribution in [0, 0.1) is 0 Å². The molecule has 3 aromatic rings. The number of aliphatic hydroxyl groups excluding tert-OH is 6. The van der Waals surface area contributed by atoms with Gasteiger partial charge in [-0.3, -0.25) is 4.79 Å². The number of hydrogen-bond acceptors (Lipinski definition) is 14. The molecule has 14 nitrogen and oxygen atoms in total. The van der Waals surface area contributed by atoms with Crippen LogP contribution < -0.4 is 14.9 Å². The average Bonchev–Trinajstić information content (AvgIpc) is 2.95. The summed E-state index contributed by atoms with van der Waals surface area (Å²) in [5, 5.41) is 82.5. The van der Waals surface area contributed by atoms with Crippen LogP contribution >= 0.6 is 0 Å². The van der Waals surface area contributed by atoms with Crippen LogP contribution in [0.2, 0.25) is 0 Å². The van der Waals surface area contributed by atoms with Gasteiger partial charge in [0, 0.05) is 24.1 Å². The summed E-state index contributed by atoms with van der Waals surface area (Å²) >= 11 is 0. The van der Waals surface area contributed by atoms with E-state index in [9.17, 15) is 45.6 Å². The third-order valence-corrected chi connectivity index (χ3v) is 7.58. The molecule has 2 aliphatic heterocycles. The highest BCUT2D eigenvalue weighted by atomic mass is 16.7. The number of fused-ring (bicyclic) bond motifs is 1. The molecule has 0 unspecified atom stereocenters. The van der Waals surface area contributed by atoms with Crippen molar-refractivity contribution < 1.29 is 64.2 Å². The predicted molar refractivity (Wildman–Crippen MR) is 142 cm³/mol. The Morgan fingerprint density at radius 3 is 2.31 bits per heavy atom. The monoisotopic (exact) mass is 592 g/mol. The largest absolute Gasteiger partial charge is 0.506 e. The second kappa shape index (κ2) is 11.7. The molecule has 228 valence electrons. The zero-order valence-corrected chi connectivity index (χ0v) is 22.5. The molecule has 1 aromatic heterocycles. The Kier molecular flexibility index (Phi) is 8.33. The van der Waals surface area contributed by atoms with Crippen molar-refractivity contribution in [2.24, 2.45) is 0 Å². The van der Waals surface area contributed by atoms with Crippen LogP contribution in [0.1, 0.15) is 25.0 Å². The Morgan fingerprint density at radius 2 is 1.67 bits per heavy atom. The molecule has 2 aromatic carbocycles. The second-order valence-electron chi connectivity index (χ2n) is 10.3. The van der Waals surface area contributed by atoms with E-state index in [0.717, 1.165) is 6.07 Å². The molecule has 14 heteroatoms. The van der Waals surface area contributed by atoms with E-state index < -0.39 is 72.9 Å². The van der Waals surface area contributed by atoms with E-state index in [1.54, 1.807) is 0 Å². The Labute approximate surface area is 238 Å². The Balaban J connectivity index is 1.66. The Hall–Kier alpha value is -3.47. The minimum atomic E-state index is -1.81. The van der Waals surface area contributed by atoms with E-state index in [4.69, 9.17) is 23.4 Å². The fourth-order valence-electron chi connectivity index (χ4n) is 5.23.